The van der Waals surface area contributed by atoms with Crippen LogP contribution in [0, 0.1) is 5.92 Å². The molecular weight excluding hydrogens is 300 g/mol. The molecule has 0 unspecified atom stereocenters. The van der Waals surface area contributed by atoms with Crippen molar-refractivity contribution in [2.24, 2.45) is 5.92 Å². The lowest BCUT2D eigenvalue weighted by molar-refractivity contribution is 0.0423. The number of nitrogens with zero attached hydrogens (tertiary/aromatic N) is 2. The molecule has 5 nitrogen and oxygen atoms in total. The quantitative estimate of drug-likeness (QED) is 0.702. The van der Waals surface area contributed by atoms with Gasteiger partial charge in [-0.05, 0) is 45.6 Å². The maximum absolute atomic E-state index is 11.8. The monoisotopic (exact) mass is 332 g/mol. The van der Waals surface area contributed by atoms with Crippen LogP contribution in [0.25, 0.3) is 0 Å². The van der Waals surface area contributed by atoms with Crippen LogP contribution in [-0.2, 0) is 14.6 Å². The van der Waals surface area contributed by atoms with Crippen LogP contribution >= 0.6 is 0 Å². The minimum absolute atomic E-state index is 0.246. The van der Waals surface area contributed by atoms with Crippen molar-refractivity contribution in [2.45, 2.75) is 38.4 Å². The van der Waals surface area contributed by atoms with E-state index in [1.807, 2.05) is 0 Å². The zero-order valence-corrected chi connectivity index (χ0v) is 15.0. The van der Waals surface area contributed by atoms with E-state index < -0.39 is 9.84 Å². The van der Waals surface area contributed by atoms with Gasteiger partial charge in [0.2, 0.25) is 0 Å². The lowest BCUT2D eigenvalue weighted by atomic mass is 9.99. The van der Waals surface area contributed by atoms with Gasteiger partial charge in [0.15, 0.2) is 9.84 Å². The Morgan fingerprint density at radius 3 is 2.23 bits per heavy atom. The van der Waals surface area contributed by atoms with Crippen LogP contribution in [0.5, 0.6) is 0 Å². The highest BCUT2D eigenvalue weighted by Gasteiger charge is 2.22. The zero-order chi connectivity index (χ0) is 16.0. The number of ether oxygens (including phenoxy) is 1. The summed E-state index contributed by atoms with van der Waals surface area (Å²) < 4.78 is 29.0. The van der Waals surface area contributed by atoms with E-state index in [-0.39, 0.29) is 5.25 Å². The average Bonchev–Trinajstić information content (AvgIpc) is 2.50. The number of hydrogen-bond acceptors (Lipinski definition) is 5. The Labute approximate surface area is 135 Å². The van der Waals surface area contributed by atoms with Crippen molar-refractivity contribution >= 4 is 9.84 Å². The molecule has 0 aromatic rings. The fourth-order valence-corrected chi connectivity index (χ4v) is 4.22. The molecule has 0 saturated carbocycles. The van der Waals surface area contributed by atoms with E-state index in [9.17, 15) is 8.42 Å². The lowest BCUT2D eigenvalue weighted by Crippen LogP contribution is -2.48. The first-order chi connectivity index (χ1) is 10.5. The maximum atomic E-state index is 11.8. The normalized spacial score (nSPS) is 23.2. The van der Waals surface area contributed by atoms with E-state index >= 15 is 0 Å². The Bertz CT molecular complexity index is 411. The van der Waals surface area contributed by atoms with Gasteiger partial charge >= 0.3 is 0 Å². The second kappa shape index (κ2) is 8.62. The van der Waals surface area contributed by atoms with Crippen molar-refractivity contribution in [1.82, 2.24) is 9.80 Å². The van der Waals surface area contributed by atoms with Gasteiger partial charge in [-0.2, -0.15) is 0 Å². The topological polar surface area (TPSA) is 49.9 Å². The van der Waals surface area contributed by atoms with Gasteiger partial charge in [0.25, 0.3) is 0 Å². The summed E-state index contributed by atoms with van der Waals surface area (Å²) in [6.45, 7) is 11.9. The van der Waals surface area contributed by atoms with Gasteiger partial charge in [0, 0.05) is 45.9 Å². The Balaban J connectivity index is 1.61. The first-order valence-electron chi connectivity index (χ1n) is 8.71. The third-order valence-electron chi connectivity index (χ3n) is 4.94. The molecule has 2 fully saturated rings. The third kappa shape index (κ3) is 5.80. The molecule has 0 amide bonds. The Kier molecular flexibility index (Phi) is 7.12. The van der Waals surface area contributed by atoms with Crippen molar-refractivity contribution in [1.29, 1.82) is 0 Å². The number of piperazine rings is 1. The average molecular weight is 333 g/mol. The zero-order valence-electron chi connectivity index (χ0n) is 14.2. The van der Waals surface area contributed by atoms with Crippen molar-refractivity contribution < 1.29 is 13.2 Å². The lowest BCUT2D eigenvalue weighted by Gasteiger charge is -2.37. The summed E-state index contributed by atoms with van der Waals surface area (Å²) in [5.41, 5.74) is 0. The summed E-state index contributed by atoms with van der Waals surface area (Å²) in [7, 11) is -2.88. The highest BCUT2D eigenvalue weighted by Crippen LogP contribution is 2.17. The molecule has 0 aliphatic carbocycles. The second-order valence-electron chi connectivity index (χ2n) is 6.97. The van der Waals surface area contributed by atoms with Gasteiger partial charge in [0.05, 0.1) is 11.0 Å². The molecule has 0 radical (unpaired) electrons. The second-order valence-corrected chi connectivity index (χ2v) is 9.64. The fourth-order valence-electron chi connectivity index (χ4n) is 3.21. The third-order valence-corrected chi connectivity index (χ3v) is 7.24. The van der Waals surface area contributed by atoms with Gasteiger partial charge < -0.3 is 14.5 Å². The van der Waals surface area contributed by atoms with Gasteiger partial charge in [-0.25, -0.2) is 8.42 Å². The summed E-state index contributed by atoms with van der Waals surface area (Å²) in [6, 6.07) is 0. The van der Waals surface area contributed by atoms with Gasteiger partial charge in [-0.1, -0.05) is 0 Å². The molecule has 0 aromatic heterocycles. The van der Waals surface area contributed by atoms with Crippen LogP contribution in [0.1, 0.15) is 33.1 Å². The first-order valence-corrected chi connectivity index (χ1v) is 10.4. The van der Waals surface area contributed by atoms with Crippen LogP contribution < -0.4 is 0 Å². The number of rotatable bonds is 7. The minimum atomic E-state index is -2.88. The fraction of sp³-hybridized carbons (Fsp3) is 1.00. The summed E-state index contributed by atoms with van der Waals surface area (Å²) >= 11 is 0. The molecule has 2 rings (SSSR count). The standard InChI is InChI=1S/C16H32N2O3S/c1-15(2)22(19,20)13-3-6-17-7-9-18(10-8-17)14-16-4-11-21-12-5-16/h15-16H,3-14H2,1-2H3. The molecule has 0 atom stereocenters. The summed E-state index contributed by atoms with van der Waals surface area (Å²) in [5.74, 6) is 1.13. The molecule has 2 aliphatic heterocycles. The van der Waals surface area contributed by atoms with E-state index in [1.165, 1.54) is 19.4 Å². The van der Waals surface area contributed by atoms with Crippen LogP contribution in [0.3, 0.4) is 0 Å². The highest BCUT2D eigenvalue weighted by atomic mass is 32.2. The SMILES string of the molecule is CC(C)S(=O)(=O)CCCN1CCN(CC2CCOCC2)CC1. The van der Waals surface area contributed by atoms with Crippen molar-refractivity contribution in [2.75, 3.05) is 58.2 Å². The first kappa shape index (κ1) is 18.2. The predicted octanol–water partition coefficient (Wildman–Crippen LogP) is 1.24. The van der Waals surface area contributed by atoms with Crippen LogP contribution in [0.15, 0.2) is 0 Å². The Morgan fingerprint density at radius 2 is 1.64 bits per heavy atom. The van der Waals surface area contributed by atoms with E-state index in [0.29, 0.717) is 5.75 Å². The molecule has 2 saturated heterocycles. The number of hydrogen-bond donors (Lipinski definition) is 0. The number of sulfone groups is 1. The van der Waals surface area contributed by atoms with Gasteiger partial charge in [0.1, 0.15) is 0 Å². The molecule has 6 heteroatoms. The summed E-state index contributed by atoms with van der Waals surface area (Å²) in [6.07, 6.45) is 3.17. The van der Waals surface area contributed by atoms with E-state index in [4.69, 9.17) is 4.74 Å². The molecule has 0 bridgehead atoms. The molecular formula is C16H32N2O3S. The van der Waals surface area contributed by atoms with Crippen molar-refractivity contribution in [3.05, 3.63) is 0 Å². The molecule has 2 heterocycles. The van der Waals surface area contributed by atoms with Gasteiger partial charge in [-0.3, -0.25) is 0 Å². The molecule has 0 N–H and O–H groups in total. The van der Waals surface area contributed by atoms with Crippen molar-refractivity contribution in [3.63, 3.8) is 0 Å². The molecule has 0 aromatic carbocycles. The van der Waals surface area contributed by atoms with Crippen molar-refractivity contribution in [3.8, 4) is 0 Å². The van der Waals surface area contributed by atoms with E-state index in [1.54, 1.807) is 13.8 Å². The Morgan fingerprint density at radius 1 is 1.05 bits per heavy atom. The smallest absolute Gasteiger partial charge is 0.152 e. The van der Waals surface area contributed by atoms with Crippen LogP contribution in [-0.4, -0.2) is 81.7 Å². The Hall–Kier alpha value is -0.170. The van der Waals surface area contributed by atoms with Crippen LogP contribution in [0.4, 0.5) is 0 Å². The van der Waals surface area contributed by atoms with Crippen LogP contribution in [0.2, 0.25) is 0 Å². The molecule has 130 valence electrons. The van der Waals surface area contributed by atoms with Gasteiger partial charge in [-0.15, -0.1) is 0 Å². The summed E-state index contributed by atoms with van der Waals surface area (Å²) in [5, 5.41) is -0.246. The predicted molar refractivity (Wildman–Crippen MR) is 90.0 cm³/mol. The minimum Gasteiger partial charge on any atom is -0.381 e. The molecule has 22 heavy (non-hydrogen) atoms. The maximum Gasteiger partial charge on any atom is 0.152 e. The summed E-state index contributed by atoms with van der Waals surface area (Å²) in [4.78, 5) is 4.98. The van der Waals surface area contributed by atoms with E-state index in [0.717, 1.165) is 58.3 Å². The highest BCUT2D eigenvalue weighted by molar-refractivity contribution is 7.91. The largest absolute Gasteiger partial charge is 0.381 e. The molecule has 2 aliphatic rings. The molecule has 0 spiro atoms. The van der Waals surface area contributed by atoms with E-state index in [2.05, 4.69) is 9.80 Å².